The molecule has 1 aromatic carbocycles. The van der Waals surface area contributed by atoms with E-state index in [2.05, 4.69) is 15.5 Å². The number of carbonyl (C=O) groups is 1. The number of hydrogen-bond acceptors (Lipinski definition) is 7. The summed E-state index contributed by atoms with van der Waals surface area (Å²) in [5.41, 5.74) is 9.58. The molecule has 0 saturated heterocycles. The Hall–Kier alpha value is -2.61. The van der Waals surface area contributed by atoms with E-state index in [-0.39, 0.29) is 5.91 Å². The fourth-order valence-electron chi connectivity index (χ4n) is 2.04. The van der Waals surface area contributed by atoms with Crippen LogP contribution in [0.15, 0.2) is 23.3 Å². The number of benzene rings is 1. The number of nitrogens with two attached hydrogens (primary N) is 1. The standard InChI is InChI=1S/C16H20N4O3S/c1-4-11-14(24-16(17)19-11)15(21)20-18-9-10-6-7-12(23-5-2)13(8-10)22-3/h6-9H,4-5H2,1-3H3,(H2,17,19)(H,20,21)/b18-9+. The third-order valence-corrected chi connectivity index (χ3v) is 4.05. The number of hydrogen-bond donors (Lipinski definition) is 2. The fourth-order valence-corrected chi connectivity index (χ4v) is 2.85. The highest BCUT2D eigenvalue weighted by atomic mass is 32.1. The molecule has 1 amide bonds. The zero-order chi connectivity index (χ0) is 17.5. The number of nitrogen functional groups attached to an aromatic ring is 1. The van der Waals surface area contributed by atoms with Gasteiger partial charge in [0.2, 0.25) is 0 Å². The van der Waals surface area contributed by atoms with Gasteiger partial charge in [0.15, 0.2) is 16.6 Å². The normalized spacial score (nSPS) is 10.8. The summed E-state index contributed by atoms with van der Waals surface area (Å²) in [5.74, 6) is 0.944. The summed E-state index contributed by atoms with van der Waals surface area (Å²) in [6, 6.07) is 5.40. The first-order valence-electron chi connectivity index (χ1n) is 7.48. The molecule has 24 heavy (non-hydrogen) atoms. The summed E-state index contributed by atoms with van der Waals surface area (Å²) in [5, 5.41) is 4.34. The molecule has 1 aromatic heterocycles. The summed E-state index contributed by atoms with van der Waals surface area (Å²) in [4.78, 5) is 16.7. The van der Waals surface area contributed by atoms with Gasteiger partial charge in [-0.1, -0.05) is 18.3 Å². The molecule has 3 N–H and O–H groups in total. The van der Waals surface area contributed by atoms with Gasteiger partial charge in [-0.2, -0.15) is 5.10 Å². The van der Waals surface area contributed by atoms with Crippen molar-refractivity contribution in [2.75, 3.05) is 19.5 Å². The quantitative estimate of drug-likeness (QED) is 0.591. The minimum Gasteiger partial charge on any atom is -0.493 e. The highest BCUT2D eigenvalue weighted by Crippen LogP contribution is 2.27. The van der Waals surface area contributed by atoms with E-state index in [0.29, 0.717) is 40.2 Å². The molecule has 0 aliphatic carbocycles. The van der Waals surface area contributed by atoms with Crippen molar-refractivity contribution in [3.8, 4) is 11.5 Å². The second-order valence-corrected chi connectivity index (χ2v) is 5.75. The maximum atomic E-state index is 12.1. The van der Waals surface area contributed by atoms with E-state index in [1.807, 2.05) is 19.9 Å². The van der Waals surface area contributed by atoms with Crippen molar-refractivity contribution < 1.29 is 14.3 Å². The molecule has 128 valence electrons. The van der Waals surface area contributed by atoms with Gasteiger partial charge in [0, 0.05) is 0 Å². The molecule has 0 bridgehead atoms. The first-order valence-corrected chi connectivity index (χ1v) is 8.30. The third kappa shape index (κ3) is 4.23. The first-order chi connectivity index (χ1) is 11.6. The highest BCUT2D eigenvalue weighted by molar-refractivity contribution is 7.17. The number of anilines is 1. The molecule has 7 nitrogen and oxygen atoms in total. The number of rotatable bonds is 7. The van der Waals surface area contributed by atoms with Crippen LogP contribution in [0.25, 0.3) is 0 Å². The molecule has 0 atom stereocenters. The first kappa shape index (κ1) is 17.7. The van der Waals surface area contributed by atoms with Crippen LogP contribution in [0.3, 0.4) is 0 Å². The predicted molar refractivity (Wildman–Crippen MR) is 95.1 cm³/mol. The van der Waals surface area contributed by atoms with Crippen LogP contribution in [0.2, 0.25) is 0 Å². The number of carbonyl (C=O) groups excluding carboxylic acids is 1. The largest absolute Gasteiger partial charge is 0.493 e. The summed E-state index contributed by atoms with van der Waals surface area (Å²) < 4.78 is 10.7. The number of aromatic nitrogens is 1. The number of nitrogens with zero attached hydrogens (tertiary/aromatic N) is 2. The molecular formula is C16H20N4O3S. The second kappa shape index (κ2) is 8.30. The van der Waals surface area contributed by atoms with Crippen LogP contribution >= 0.6 is 11.3 Å². The Morgan fingerprint density at radius 1 is 1.42 bits per heavy atom. The maximum absolute atomic E-state index is 12.1. The molecule has 1 heterocycles. The van der Waals surface area contributed by atoms with Gasteiger partial charge >= 0.3 is 0 Å². The average Bonchev–Trinajstić information content (AvgIpc) is 2.97. The number of nitrogens with one attached hydrogen (secondary N) is 1. The van der Waals surface area contributed by atoms with Crippen molar-refractivity contribution >= 4 is 28.6 Å². The Morgan fingerprint density at radius 2 is 2.21 bits per heavy atom. The topological polar surface area (TPSA) is 98.8 Å². The van der Waals surface area contributed by atoms with Crippen LogP contribution < -0.4 is 20.6 Å². The van der Waals surface area contributed by atoms with Crippen LogP contribution in [0.4, 0.5) is 5.13 Å². The molecule has 0 fully saturated rings. The fraction of sp³-hybridized carbons (Fsp3) is 0.312. The molecule has 0 saturated carbocycles. The summed E-state index contributed by atoms with van der Waals surface area (Å²) >= 11 is 1.15. The number of aryl methyl sites for hydroxylation is 1. The van der Waals surface area contributed by atoms with Crippen molar-refractivity contribution in [2.24, 2.45) is 5.10 Å². The summed E-state index contributed by atoms with van der Waals surface area (Å²) in [7, 11) is 1.57. The molecular weight excluding hydrogens is 328 g/mol. The number of ether oxygens (including phenoxy) is 2. The Labute approximate surface area is 144 Å². The van der Waals surface area contributed by atoms with Gasteiger partial charge in [-0.3, -0.25) is 4.79 Å². The van der Waals surface area contributed by atoms with Crippen LogP contribution in [0, 0.1) is 0 Å². The molecule has 0 spiro atoms. The van der Waals surface area contributed by atoms with E-state index < -0.39 is 0 Å². The highest BCUT2D eigenvalue weighted by Gasteiger charge is 2.15. The molecule has 0 aliphatic rings. The lowest BCUT2D eigenvalue weighted by molar-refractivity contribution is 0.0958. The SMILES string of the molecule is CCOc1ccc(/C=N/NC(=O)c2sc(N)nc2CC)cc1OC. The van der Waals surface area contributed by atoms with Crippen LogP contribution in [-0.4, -0.2) is 30.8 Å². The lowest BCUT2D eigenvalue weighted by Crippen LogP contribution is -2.17. The Kier molecular flexibility index (Phi) is 6.14. The van der Waals surface area contributed by atoms with Gasteiger partial charge in [0.1, 0.15) is 4.88 Å². The summed E-state index contributed by atoms with van der Waals surface area (Å²) in [6.07, 6.45) is 2.17. The third-order valence-electron chi connectivity index (χ3n) is 3.12. The molecule has 2 rings (SSSR count). The Morgan fingerprint density at radius 3 is 2.88 bits per heavy atom. The van der Waals surface area contributed by atoms with E-state index in [0.717, 1.165) is 16.9 Å². The van der Waals surface area contributed by atoms with E-state index in [1.165, 1.54) is 6.21 Å². The molecule has 0 radical (unpaired) electrons. The smallest absolute Gasteiger partial charge is 0.283 e. The van der Waals surface area contributed by atoms with Gasteiger partial charge < -0.3 is 15.2 Å². The zero-order valence-corrected chi connectivity index (χ0v) is 14.6. The van der Waals surface area contributed by atoms with Crippen molar-refractivity contribution in [2.45, 2.75) is 20.3 Å². The Balaban J connectivity index is 2.07. The van der Waals surface area contributed by atoms with Crippen molar-refractivity contribution in [1.29, 1.82) is 0 Å². The van der Waals surface area contributed by atoms with E-state index in [4.69, 9.17) is 15.2 Å². The minimum atomic E-state index is -0.324. The average molecular weight is 348 g/mol. The molecule has 8 heteroatoms. The lowest BCUT2D eigenvalue weighted by Gasteiger charge is -2.09. The summed E-state index contributed by atoms with van der Waals surface area (Å²) in [6.45, 7) is 4.37. The van der Waals surface area contributed by atoms with E-state index in [9.17, 15) is 4.79 Å². The van der Waals surface area contributed by atoms with E-state index >= 15 is 0 Å². The van der Waals surface area contributed by atoms with Crippen LogP contribution in [-0.2, 0) is 6.42 Å². The monoisotopic (exact) mass is 348 g/mol. The van der Waals surface area contributed by atoms with Gasteiger partial charge in [0.05, 0.1) is 25.6 Å². The molecule has 2 aromatic rings. The minimum absolute atomic E-state index is 0.324. The molecule has 0 unspecified atom stereocenters. The van der Waals surface area contributed by atoms with E-state index in [1.54, 1.807) is 19.2 Å². The number of methoxy groups -OCH3 is 1. The second-order valence-electron chi connectivity index (χ2n) is 4.72. The molecule has 0 aliphatic heterocycles. The zero-order valence-electron chi connectivity index (χ0n) is 13.8. The van der Waals surface area contributed by atoms with Crippen molar-refractivity contribution in [1.82, 2.24) is 10.4 Å². The van der Waals surface area contributed by atoms with Crippen LogP contribution in [0.1, 0.15) is 34.8 Å². The van der Waals surface area contributed by atoms with Crippen molar-refractivity contribution in [3.63, 3.8) is 0 Å². The van der Waals surface area contributed by atoms with Crippen LogP contribution in [0.5, 0.6) is 11.5 Å². The van der Waals surface area contributed by atoms with Crippen molar-refractivity contribution in [3.05, 3.63) is 34.3 Å². The maximum Gasteiger partial charge on any atom is 0.283 e. The lowest BCUT2D eigenvalue weighted by atomic mass is 10.2. The van der Waals surface area contributed by atoms with Gasteiger partial charge in [-0.15, -0.1) is 0 Å². The van der Waals surface area contributed by atoms with Gasteiger partial charge in [-0.05, 0) is 37.1 Å². The van der Waals surface area contributed by atoms with Gasteiger partial charge in [-0.25, -0.2) is 10.4 Å². The predicted octanol–water partition coefficient (Wildman–Crippen LogP) is 2.46. The van der Waals surface area contributed by atoms with Gasteiger partial charge in [0.25, 0.3) is 5.91 Å². The number of thiazole rings is 1. The Bertz CT molecular complexity index is 743. The number of amides is 1. The number of hydrazone groups is 1.